The highest BCUT2D eigenvalue weighted by atomic mass is 19.4. The first kappa shape index (κ1) is 36.2. The van der Waals surface area contributed by atoms with Crippen molar-refractivity contribution in [3.63, 3.8) is 0 Å². The fraction of sp³-hybridized carbons (Fsp3) is 0.806. The zero-order valence-corrected chi connectivity index (χ0v) is 27.5. The summed E-state index contributed by atoms with van der Waals surface area (Å²) in [5, 5.41) is 21.4. The Bertz CT molecular complexity index is 1270. The number of carbonyl (C=O) groups excluding carboxylic acids is 1. The maximum Gasteiger partial charge on any atom is 0.459 e. The molecular weight excluding hydrogens is 627 g/mol. The maximum atomic E-state index is 13.6. The number of hydrogen-bond acceptors (Lipinski definition) is 3. The second-order valence-electron chi connectivity index (χ2n) is 15.4. The van der Waals surface area contributed by atoms with Crippen LogP contribution in [0.3, 0.4) is 0 Å². The van der Waals surface area contributed by atoms with Gasteiger partial charge in [-0.05, 0) is 104 Å². The summed E-state index contributed by atoms with van der Waals surface area (Å²) in [6, 6.07) is 5.90. The maximum absolute atomic E-state index is 13.6. The van der Waals surface area contributed by atoms with Crippen LogP contribution in [0.15, 0.2) is 18.2 Å². The zero-order chi connectivity index (χ0) is 34.4. The number of phenols is 1. The van der Waals surface area contributed by atoms with Gasteiger partial charge in [-0.3, -0.25) is 4.79 Å². The van der Waals surface area contributed by atoms with Crippen molar-refractivity contribution in [3.05, 3.63) is 29.3 Å². The molecule has 3 fully saturated rings. The van der Waals surface area contributed by atoms with Crippen LogP contribution in [0.1, 0.15) is 120 Å². The van der Waals surface area contributed by atoms with E-state index in [1.807, 2.05) is 12.1 Å². The van der Waals surface area contributed by atoms with E-state index < -0.39 is 30.5 Å². The second-order valence-corrected chi connectivity index (χ2v) is 15.4. The van der Waals surface area contributed by atoms with E-state index in [1.54, 1.807) is 0 Å². The van der Waals surface area contributed by atoms with Crippen molar-refractivity contribution in [1.82, 2.24) is 4.90 Å². The molecule has 0 bridgehead atoms. The summed E-state index contributed by atoms with van der Waals surface area (Å²) < 4.78 is 90.5. The number of benzene rings is 1. The van der Waals surface area contributed by atoms with Gasteiger partial charge in [-0.15, -0.1) is 0 Å². The number of hydrogen-bond donors (Lipinski definition) is 2. The van der Waals surface area contributed by atoms with Gasteiger partial charge >= 0.3 is 18.0 Å². The van der Waals surface area contributed by atoms with E-state index in [-0.39, 0.29) is 28.3 Å². The highest BCUT2D eigenvalue weighted by Crippen LogP contribution is 2.76. The van der Waals surface area contributed by atoms with Crippen LogP contribution in [-0.2, 0) is 11.2 Å². The van der Waals surface area contributed by atoms with Gasteiger partial charge in [0.1, 0.15) is 5.75 Å². The molecule has 0 aliphatic heterocycles. The van der Waals surface area contributed by atoms with Gasteiger partial charge in [0.05, 0.1) is 12.6 Å². The molecule has 47 heavy (non-hydrogen) atoms. The number of rotatable bonds is 14. The fourth-order valence-electron chi connectivity index (χ4n) is 9.95. The van der Waals surface area contributed by atoms with Gasteiger partial charge in [0.15, 0.2) is 0 Å². The Hall–Kier alpha value is -2.04. The number of unbranched alkanes of at least 4 members (excludes halogenated alkanes) is 7. The number of halogens is 7. The van der Waals surface area contributed by atoms with E-state index in [0.717, 1.165) is 90.5 Å². The molecule has 4 aliphatic rings. The molecule has 266 valence electrons. The molecule has 0 radical (unpaired) electrons. The second kappa shape index (κ2) is 13.3. The van der Waals surface area contributed by atoms with Crippen LogP contribution in [0.5, 0.6) is 5.75 Å². The number of carbonyl (C=O) groups is 1. The molecule has 3 unspecified atom stereocenters. The average molecular weight is 678 g/mol. The molecule has 11 heteroatoms. The van der Waals surface area contributed by atoms with Gasteiger partial charge in [-0.25, -0.2) is 0 Å². The summed E-state index contributed by atoms with van der Waals surface area (Å²) >= 11 is 0. The van der Waals surface area contributed by atoms with Crippen LogP contribution >= 0.6 is 0 Å². The van der Waals surface area contributed by atoms with E-state index in [4.69, 9.17) is 0 Å². The lowest BCUT2D eigenvalue weighted by Crippen LogP contribution is -2.57. The first-order chi connectivity index (χ1) is 21.9. The summed E-state index contributed by atoms with van der Waals surface area (Å²) in [6.07, 6.45) is 7.80. The minimum Gasteiger partial charge on any atom is -0.508 e. The zero-order valence-electron chi connectivity index (χ0n) is 27.5. The molecule has 0 saturated heterocycles. The van der Waals surface area contributed by atoms with Crippen LogP contribution < -0.4 is 0 Å². The van der Waals surface area contributed by atoms with E-state index in [2.05, 4.69) is 13.0 Å². The molecule has 0 aromatic heterocycles. The Labute approximate surface area is 273 Å². The summed E-state index contributed by atoms with van der Waals surface area (Å²) in [7, 11) is 0.812. The third kappa shape index (κ3) is 6.77. The first-order valence-corrected chi connectivity index (χ1v) is 17.5. The van der Waals surface area contributed by atoms with Gasteiger partial charge in [-0.2, -0.15) is 30.7 Å². The highest BCUT2D eigenvalue weighted by molar-refractivity contribution is 5.75. The molecular formula is C36H50F7NO3. The van der Waals surface area contributed by atoms with E-state index in [1.165, 1.54) is 11.1 Å². The lowest BCUT2D eigenvalue weighted by atomic mass is 9.50. The van der Waals surface area contributed by atoms with Crippen molar-refractivity contribution in [2.75, 3.05) is 13.6 Å². The third-order valence-corrected chi connectivity index (χ3v) is 12.7. The lowest BCUT2D eigenvalue weighted by molar-refractivity contribution is -0.355. The normalized spacial score (nSPS) is 29.7. The molecule has 4 nitrogen and oxygen atoms in total. The number of aliphatic hydroxyl groups excluding tert-OH is 1. The quantitative estimate of drug-likeness (QED) is 0.152. The van der Waals surface area contributed by atoms with Gasteiger partial charge in [-0.1, -0.05) is 57.9 Å². The molecule has 3 saturated carbocycles. The minimum atomic E-state index is -6.41. The summed E-state index contributed by atoms with van der Waals surface area (Å²) in [5.74, 6) is -10.1. The molecule has 5 rings (SSSR count). The van der Waals surface area contributed by atoms with E-state index in [0.29, 0.717) is 42.3 Å². The van der Waals surface area contributed by atoms with Gasteiger partial charge in [0.2, 0.25) is 5.91 Å². The Balaban J connectivity index is 1.02. The van der Waals surface area contributed by atoms with Crippen molar-refractivity contribution in [2.45, 2.75) is 140 Å². The van der Waals surface area contributed by atoms with Crippen LogP contribution in [0.25, 0.3) is 0 Å². The molecule has 1 aromatic carbocycles. The Morgan fingerprint density at radius 2 is 1.55 bits per heavy atom. The third-order valence-electron chi connectivity index (χ3n) is 12.7. The summed E-state index contributed by atoms with van der Waals surface area (Å²) in [5.41, 5.74) is 2.99. The predicted octanol–water partition coefficient (Wildman–Crippen LogP) is 9.42. The van der Waals surface area contributed by atoms with Gasteiger partial charge < -0.3 is 15.1 Å². The van der Waals surface area contributed by atoms with Crippen molar-refractivity contribution in [2.24, 2.45) is 28.6 Å². The predicted molar refractivity (Wildman–Crippen MR) is 164 cm³/mol. The molecule has 6 atom stereocenters. The number of nitrogens with zero attached hydrogens (tertiary/aromatic N) is 1. The lowest BCUT2D eigenvalue weighted by Gasteiger charge is -2.54. The monoisotopic (exact) mass is 677 g/mol. The van der Waals surface area contributed by atoms with Crippen molar-refractivity contribution in [3.8, 4) is 5.75 Å². The van der Waals surface area contributed by atoms with E-state index in [9.17, 15) is 45.7 Å². The van der Waals surface area contributed by atoms with E-state index >= 15 is 0 Å². The first-order valence-electron chi connectivity index (χ1n) is 17.5. The Morgan fingerprint density at radius 1 is 0.936 bits per heavy atom. The average Bonchev–Trinajstić information content (AvgIpc) is 3.77. The molecule has 4 aliphatic carbocycles. The molecule has 1 aromatic rings. The number of amides is 1. The number of alkyl halides is 7. The number of phenolic OH excluding ortho intramolecular Hbond substituents is 1. The van der Waals surface area contributed by atoms with Crippen molar-refractivity contribution >= 4 is 5.91 Å². The summed E-state index contributed by atoms with van der Waals surface area (Å²) in [6.45, 7) is 0.450. The van der Waals surface area contributed by atoms with Crippen LogP contribution in [0, 0.1) is 28.6 Å². The van der Waals surface area contributed by atoms with Crippen LogP contribution in [0.2, 0.25) is 0 Å². The van der Waals surface area contributed by atoms with Crippen molar-refractivity contribution in [1.29, 1.82) is 0 Å². The Morgan fingerprint density at radius 3 is 2.17 bits per heavy atom. The van der Waals surface area contributed by atoms with Gasteiger partial charge in [0, 0.05) is 18.9 Å². The number of fused-ring (bicyclic) bond motifs is 6. The molecule has 1 amide bonds. The number of aromatic hydroxyl groups is 1. The van der Waals surface area contributed by atoms with Gasteiger partial charge in [0.25, 0.3) is 0 Å². The smallest absolute Gasteiger partial charge is 0.459 e. The van der Waals surface area contributed by atoms with Crippen molar-refractivity contribution < 1.29 is 45.7 Å². The standard InChI is InChI=1S/C36H50F7NO3/c1-32-16-15-27-26-14-13-25(45)20-24(26)19-23(31(27)28(32)21-29(46)33(32)17-18-33)11-9-7-5-3-4-6-8-10-12-30(47)44(2)22-34(37,38)35(39,40)36(41,42)43/h13-14,20,23,27-29,31,45-46H,3-12,15-19,21-22H2,1-2H3/t23-,27?,28?,29-,31?,32+/m1/s1. The minimum absolute atomic E-state index is 0.120. The topological polar surface area (TPSA) is 60.8 Å². The molecule has 1 spiro atoms. The number of aliphatic hydroxyl groups is 1. The Kier molecular flexibility index (Phi) is 10.3. The largest absolute Gasteiger partial charge is 0.508 e. The fourth-order valence-corrected chi connectivity index (χ4v) is 9.95. The molecule has 0 heterocycles. The SMILES string of the molecule is CN(CC(F)(F)C(F)(F)C(F)(F)F)C(=O)CCCCCCCCCC[C@@H]1Cc2cc(O)ccc2C2CC[C@@]3(C)C(C[C@@H](O)C34CC4)C21. The van der Waals surface area contributed by atoms with Crippen LogP contribution in [-0.4, -0.2) is 58.7 Å². The summed E-state index contributed by atoms with van der Waals surface area (Å²) in [4.78, 5) is 12.3. The van der Waals surface area contributed by atoms with Crippen LogP contribution in [0.4, 0.5) is 30.7 Å². The highest BCUT2D eigenvalue weighted by Gasteiger charge is 2.73. The molecule has 2 N–H and O–H groups in total.